The maximum Gasteiger partial charge on any atom is 0.182 e. The van der Waals surface area contributed by atoms with Gasteiger partial charge in [-0.2, -0.15) is 5.10 Å². The smallest absolute Gasteiger partial charge is 0.182 e. The van der Waals surface area contributed by atoms with Crippen LogP contribution in [0.5, 0.6) is 0 Å². The Balaban J connectivity index is 0.950. The summed E-state index contributed by atoms with van der Waals surface area (Å²) in [5.74, 6) is 1.32. The third-order valence-corrected chi connectivity index (χ3v) is 10.9. The summed E-state index contributed by atoms with van der Waals surface area (Å²) >= 11 is 0. The van der Waals surface area contributed by atoms with Gasteiger partial charge in [-0.1, -0.05) is 218 Å². The number of amidine groups is 1. The second-order valence-corrected chi connectivity index (χ2v) is 14.6. The van der Waals surface area contributed by atoms with E-state index in [1.165, 1.54) is 0 Å². The van der Waals surface area contributed by atoms with Crippen molar-refractivity contribution in [2.45, 2.75) is 6.04 Å². The minimum absolute atomic E-state index is 0.136. The lowest BCUT2D eigenvalue weighted by atomic mass is 9.89. The first-order chi connectivity index (χ1) is 29.8. The summed E-state index contributed by atoms with van der Waals surface area (Å²) in [6, 6.07) is 75.0. The zero-order chi connectivity index (χ0) is 40.1. The molecule has 284 valence electrons. The van der Waals surface area contributed by atoms with Crippen molar-refractivity contribution in [3.8, 4) is 67.3 Å². The fraction of sp³-hybridized carbons (Fsp3) is 0.0185. The first kappa shape index (κ1) is 36.3. The van der Waals surface area contributed by atoms with Gasteiger partial charge in [0.15, 0.2) is 11.7 Å². The average Bonchev–Trinajstić information content (AvgIpc) is 3.35. The van der Waals surface area contributed by atoms with Gasteiger partial charge >= 0.3 is 0 Å². The highest BCUT2D eigenvalue weighted by Gasteiger charge is 2.25. The summed E-state index contributed by atoms with van der Waals surface area (Å²) in [6.07, 6.45) is 0. The Labute approximate surface area is 349 Å². The van der Waals surface area contributed by atoms with E-state index >= 15 is 0 Å². The van der Waals surface area contributed by atoms with Gasteiger partial charge in [0.2, 0.25) is 0 Å². The van der Waals surface area contributed by atoms with E-state index in [4.69, 9.17) is 15.2 Å². The molecule has 2 heterocycles. The van der Waals surface area contributed by atoms with Gasteiger partial charge in [0.25, 0.3) is 0 Å². The van der Waals surface area contributed by atoms with Gasteiger partial charge in [-0.15, -0.1) is 15.3 Å². The van der Waals surface area contributed by atoms with Crippen molar-refractivity contribution >= 4 is 11.5 Å². The lowest BCUT2D eigenvalue weighted by molar-refractivity contribution is 0.801. The molecule has 6 nitrogen and oxygen atoms in total. The van der Waals surface area contributed by atoms with Gasteiger partial charge in [-0.05, 0) is 38.9 Å². The molecule has 60 heavy (non-hydrogen) atoms. The van der Waals surface area contributed by atoms with E-state index in [2.05, 4.69) is 161 Å². The fourth-order valence-corrected chi connectivity index (χ4v) is 7.84. The molecular weight excluding hydrogens is 733 g/mol. The van der Waals surface area contributed by atoms with E-state index in [9.17, 15) is 0 Å². The number of aromatic nitrogens is 3. The lowest BCUT2D eigenvalue weighted by Gasteiger charge is -2.26. The molecule has 6 heteroatoms. The highest BCUT2D eigenvalue weighted by atomic mass is 15.3. The van der Waals surface area contributed by atoms with Crippen molar-refractivity contribution in [1.82, 2.24) is 20.5 Å². The second kappa shape index (κ2) is 16.4. The Bertz CT molecular complexity index is 2970. The molecule has 9 aromatic rings. The summed E-state index contributed by atoms with van der Waals surface area (Å²) in [6.45, 7) is 0. The van der Waals surface area contributed by atoms with Crippen LogP contribution in [0.25, 0.3) is 67.3 Å². The number of hydrogen-bond donors (Lipinski definition) is 1. The number of hydrogen-bond acceptors (Lipinski definition) is 6. The molecule has 1 N–H and O–H groups in total. The highest BCUT2D eigenvalue weighted by Crippen LogP contribution is 2.39. The zero-order valence-electron chi connectivity index (χ0n) is 32.6. The van der Waals surface area contributed by atoms with Crippen molar-refractivity contribution in [2.24, 2.45) is 10.2 Å². The van der Waals surface area contributed by atoms with E-state index in [-0.39, 0.29) is 6.04 Å². The Morgan fingerprint density at radius 1 is 0.317 bits per heavy atom. The van der Waals surface area contributed by atoms with Gasteiger partial charge in [0.05, 0.1) is 11.8 Å². The minimum atomic E-state index is -0.136. The summed E-state index contributed by atoms with van der Waals surface area (Å²) in [7, 11) is 0. The largest absolute Gasteiger partial charge is 0.356 e. The topological polar surface area (TPSA) is 75.4 Å². The van der Waals surface area contributed by atoms with E-state index < -0.39 is 0 Å². The Morgan fingerprint density at radius 3 is 1.30 bits per heavy atom. The molecular formula is C54H38N6. The third-order valence-electron chi connectivity index (χ3n) is 10.9. The van der Waals surface area contributed by atoms with E-state index in [0.717, 1.165) is 89.7 Å². The molecule has 0 radical (unpaired) electrons. The standard InChI is InChI=1S/C54H38N6/c1-5-17-39(18-6-1)49-51(41-21-9-3-10-22-41)57-59-53(55-49)43-33-29-37(30-34-43)45-25-13-15-27-47(45)48-28-16-14-26-46(48)38-31-35-44(36-32-38)54-56-50(40-19-7-2-8-20-40)52(58-60-54)42-23-11-4-12-24-42/h1-36,49H,(H,55,59). The number of benzene rings is 8. The minimum Gasteiger partial charge on any atom is -0.356 e. The predicted molar refractivity (Wildman–Crippen MR) is 244 cm³/mol. The molecule has 1 atom stereocenters. The van der Waals surface area contributed by atoms with Gasteiger partial charge in [0, 0.05) is 27.8 Å². The summed E-state index contributed by atoms with van der Waals surface area (Å²) < 4.78 is 0. The molecule has 1 aliphatic rings. The average molecular weight is 771 g/mol. The van der Waals surface area contributed by atoms with Crippen molar-refractivity contribution in [1.29, 1.82) is 0 Å². The van der Waals surface area contributed by atoms with E-state index in [1.54, 1.807) is 0 Å². The number of nitrogens with one attached hydrogen (secondary N) is 1. The zero-order valence-corrected chi connectivity index (χ0v) is 32.6. The molecule has 1 unspecified atom stereocenters. The predicted octanol–water partition coefficient (Wildman–Crippen LogP) is 12.4. The molecule has 1 aromatic heterocycles. The van der Waals surface area contributed by atoms with Crippen LogP contribution in [-0.4, -0.2) is 26.7 Å². The van der Waals surface area contributed by atoms with Crippen molar-refractivity contribution < 1.29 is 0 Å². The maximum absolute atomic E-state index is 5.08. The molecule has 0 bridgehead atoms. The number of rotatable bonds is 9. The Kier molecular flexibility index (Phi) is 9.92. The van der Waals surface area contributed by atoms with Crippen LogP contribution in [0.4, 0.5) is 0 Å². The summed E-state index contributed by atoms with van der Waals surface area (Å²) in [5.41, 5.74) is 15.3. The third kappa shape index (κ3) is 7.30. The van der Waals surface area contributed by atoms with Crippen LogP contribution in [0.2, 0.25) is 0 Å². The van der Waals surface area contributed by atoms with Crippen molar-refractivity contribution in [3.05, 3.63) is 235 Å². The molecule has 0 saturated carbocycles. The lowest BCUT2D eigenvalue weighted by Crippen LogP contribution is -2.37. The van der Waals surface area contributed by atoms with Crippen LogP contribution in [0.15, 0.2) is 229 Å². The normalized spacial score (nSPS) is 13.5. The first-order valence-electron chi connectivity index (χ1n) is 20.0. The highest BCUT2D eigenvalue weighted by molar-refractivity contribution is 6.11. The molecule has 0 amide bonds. The quantitative estimate of drug-likeness (QED) is 0.159. The van der Waals surface area contributed by atoms with Gasteiger partial charge < -0.3 is 5.32 Å². The van der Waals surface area contributed by atoms with Crippen LogP contribution in [0, 0.1) is 0 Å². The van der Waals surface area contributed by atoms with E-state index in [1.807, 2.05) is 72.8 Å². The van der Waals surface area contributed by atoms with Crippen molar-refractivity contribution in [2.75, 3.05) is 0 Å². The van der Waals surface area contributed by atoms with E-state index in [0.29, 0.717) is 5.82 Å². The molecule has 0 aliphatic carbocycles. The molecule has 0 saturated heterocycles. The van der Waals surface area contributed by atoms with Gasteiger partial charge in [-0.3, -0.25) is 0 Å². The SMILES string of the molecule is c1ccc(C2=NN=C(c3ccc(-c4ccccc4-c4ccccc4-c4ccc(-c5nnc(-c6ccccc6)c(-c6ccccc6)n5)cc4)cc3)NC2c2ccccc2)cc1. The van der Waals surface area contributed by atoms with Crippen LogP contribution < -0.4 is 5.32 Å². The Morgan fingerprint density at radius 2 is 0.750 bits per heavy atom. The Hall–Kier alpha value is -8.09. The number of nitrogens with zero attached hydrogens (tertiary/aromatic N) is 5. The fourth-order valence-electron chi connectivity index (χ4n) is 7.84. The maximum atomic E-state index is 5.08. The molecule has 1 aliphatic heterocycles. The van der Waals surface area contributed by atoms with Crippen LogP contribution in [-0.2, 0) is 0 Å². The molecule has 0 fully saturated rings. The summed E-state index contributed by atoms with van der Waals surface area (Å²) in [4.78, 5) is 5.08. The first-order valence-corrected chi connectivity index (χ1v) is 20.0. The van der Waals surface area contributed by atoms with Gasteiger partial charge in [-0.25, -0.2) is 4.98 Å². The van der Waals surface area contributed by atoms with Gasteiger partial charge in [0.1, 0.15) is 11.4 Å². The van der Waals surface area contributed by atoms with Crippen LogP contribution in [0.1, 0.15) is 22.7 Å². The van der Waals surface area contributed by atoms with Crippen molar-refractivity contribution in [3.63, 3.8) is 0 Å². The molecule has 10 rings (SSSR count). The monoisotopic (exact) mass is 770 g/mol. The summed E-state index contributed by atoms with van der Waals surface area (Å²) in [5, 5.41) is 22.5. The molecule has 8 aromatic carbocycles. The second-order valence-electron chi connectivity index (χ2n) is 14.6. The van der Waals surface area contributed by atoms with Crippen LogP contribution in [0.3, 0.4) is 0 Å². The molecule has 0 spiro atoms. The van der Waals surface area contributed by atoms with Crippen LogP contribution >= 0.6 is 0 Å².